The maximum absolute atomic E-state index is 5.97. The third kappa shape index (κ3) is 4.88. The van der Waals surface area contributed by atoms with Crippen LogP contribution in [0.3, 0.4) is 0 Å². The summed E-state index contributed by atoms with van der Waals surface area (Å²) >= 11 is 7.73. The molecule has 19 heavy (non-hydrogen) atoms. The van der Waals surface area contributed by atoms with Gasteiger partial charge >= 0.3 is 0 Å². The van der Waals surface area contributed by atoms with E-state index in [0.717, 1.165) is 17.2 Å². The van der Waals surface area contributed by atoms with Crippen LogP contribution in [0.25, 0.3) is 0 Å². The van der Waals surface area contributed by atoms with E-state index in [1.807, 2.05) is 36.4 Å². The van der Waals surface area contributed by atoms with E-state index in [1.54, 1.807) is 11.8 Å². The van der Waals surface area contributed by atoms with Crippen LogP contribution in [0.5, 0.6) is 0 Å². The van der Waals surface area contributed by atoms with Gasteiger partial charge in [0.15, 0.2) is 0 Å². The van der Waals surface area contributed by atoms with Crippen molar-refractivity contribution >= 4 is 23.4 Å². The first-order valence-electron chi connectivity index (χ1n) is 6.16. The maximum atomic E-state index is 5.97. The maximum Gasteiger partial charge on any atom is 0.0417 e. The molecule has 4 heteroatoms. The molecule has 0 aromatic heterocycles. The van der Waals surface area contributed by atoms with Crippen molar-refractivity contribution in [3.8, 4) is 0 Å². The van der Waals surface area contributed by atoms with Crippen LogP contribution in [0.1, 0.15) is 5.56 Å². The summed E-state index contributed by atoms with van der Waals surface area (Å²) in [5, 5.41) is 0.769. The molecular weight excluding hydrogens is 276 g/mol. The zero-order valence-electron chi connectivity index (χ0n) is 10.6. The summed E-state index contributed by atoms with van der Waals surface area (Å²) < 4.78 is 0. The molecule has 2 aromatic carbocycles. The summed E-state index contributed by atoms with van der Waals surface area (Å²) in [5.74, 6) is 6.53. The van der Waals surface area contributed by atoms with Gasteiger partial charge in [0.25, 0.3) is 0 Å². The molecule has 100 valence electrons. The van der Waals surface area contributed by atoms with Crippen molar-refractivity contribution in [2.75, 3.05) is 5.75 Å². The van der Waals surface area contributed by atoms with E-state index in [0.29, 0.717) is 0 Å². The van der Waals surface area contributed by atoms with Crippen molar-refractivity contribution in [1.82, 2.24) is 5.43 Å². The Balaban J connectivity index is 1.89. The van der Waals surface area contributed by atoms with E-state index < -0.39 is 0 Å². The second-order valence-electron chi connectivity index (χ2n) is 4.32. The molecule has 0 aliphatic carbocycles. The Morgan fingerprint density at radius 1 is 1.11 bits per heavy atom. The van der Waals surface area contributed by atoms with Crippen molar-refractivity contribution in [3.05, 3.63) is 65.2 Å². The van der Waals surface area contributed by atoms with Crippen LogP contribution in [-0.4, -0.2) is 11.8 Å². The molecule has 1 atom stereocenters. The fraction of sp³-hybridized carbons (Fsp3) is 0.200. The van der Waals surface area contributed by atoms with Crippen LogP contribution in [-0.2, 0) is 6.42 Å². The second kappa shape index (κ2) is 7.56. The van der Waals surface area contributed by atoms with E-state index in [-0.39, 0.29) is 6.04 Å². The first-order valence-corrected chi connectivity index (χ1v) is 7.52. The lowest BCUT2D eigenvalue weighted by Gasteiger charge is -2.15. The second-order valence-corrected chi connectivity index (χ2v) is 5.85. The van der Waals surface area contributed by atoms with Gasteiger partial charge in [-0.2, -0.15) is 0 Å². The summed E-state index contributed by atoms with van der Waals surface area (Å²) in [6, 6.07) is 18.5. The minimum atomic E-state index is 0.242. The number of thioether (sulfide) groups is 1. The van der Waals surface area contributed by atoms with E-state index in [4.69, 9.17) is 17.4 Å². The lowest BCUT2D eigenvalue weighted by atomic mass is 10.1. The number of benzene rings is 2. The van der Waals surface area contributed by atoms with Crippen molar-refractivity contribution in [2.24, 2.45) is 5.84 Å². The largest absolute Gasteiger partial charge is 0.271 e. The van der Waals surface area contributed by atoms with Gasteiger partial charge in [-0.15, -0.1) is 11.8 Å². The Labute approximate surface area is 123 Å². The quantitative estimate of drug-likeness (QED) is 0.486. The number of hydrazine groups is 1. The molecule has 0 saturated heterocycles. The third-order valence-corrected chi connectivity index (χ3v) is 4.20. The van der Waals surface area contributed by atoms with Crippen LogP contribution >= 0.6 is 23.4 Å². The highest BCUT2D eigenvalue weighted by molar-refractivity contribution is 7.99. The highest BCUT2D eigenvalue weighted by Crippen LogP contribution is 2.22. The van der Waals surface area contributed by atoms with E-state index in [2.05, 4.69) is 23.6 Å². The number of halogens is 1. The van der Waals surface area contributed by atoms with E-state index in [9.17, 15) is 0 Å². The highest BCUT2D eigenvalue weighted by atomic mass is 35.5. The molecule has 0 spiro atoms. The predicted molar refractivity (Wildman–Crippen MR) is 83.4 cm³/mol. The zero-order valence-corrected chi connectivity index (χ0v) is 12.1. The highest BCUT2D eigenvalue weighted by Gasteiger charge is 2.08. The van der Waals surface area contributed by atoms with Gasteiger partial charge in [-0.05, 0) is 30.2 Å². The molecular formula is C15H17ClN2S. The summed E-state index contributed by atoms with van der Waals surface area (Å²) in [6.07, 6.45) is 0.922. The van der Waals surface area contributed by atoms with Crippen LogP contribution in [0.15, 0.2) is 59.5 Å². The summed E-state index contributed by atoms with van der Waals surface area (Å²) in [4.78, 5) is 1.17. The fourth-order valence-corrected chi connectivity index (χ4v) is 3.07. The smallest absolute Gasteiger partial charge is 0.0417 e. The van der Waals surface area contributed by atoms with Gasteiger partial charge in [-0.1, -0.05) is 48.0 Å². The van der Waals surface area contributed by atoms with Crippen LogP contribution in [0.4, 0.5) is 0 Å². The van der Waals surface area contributed by atoms with Gasteiger partial charge in [0, 0.05) is 21.7 Å². The SMILES string of the molecule is NNC(CSc1cccc(Cl)c1)Cc1ccccc1. The van der Waals surface area contributed by atoms with Crippen LogP contribution in [0, 0.1) is 0 Å². The van der Waals surface area contributed by atoms with Crippen LogP contribution < -0.4 is 11.3 Å². The topological polar surface area (TPSA) is 38.0 Å². The van der Waals surface area contributed by atoms with Crippen molar-refractivity contribution in [3.63, 3.8) is 0 Å². The molecule has 2 rings (SSSR count). The molecule has 0 bridgehead atoms. The number of hydrogen-bond donors (Lipinski definition) is 2. The number of nitrogens with two attached hydrogens (primary N) is 1. The molecule has 0 radical (unpaired) electrons. The molecule has 0 amide bonds. The summed E-state index contributed by atoms with van der Waals surface area (Å²) in [7, 11) is 0. The van der Waals surface area contributed by atoms with Crippen molar-refractivity contribution in [2.45, 2.75) is 17.4 Å². The van der Waals surface area contributed by atoms with Gasteiger partial charge in [0.1, 0.15) is 0 Å². The first kappa shape index (κ1) is 14.4. The Kier molecular flexibility index (Phi) is 5.73. The number of nitrogens with one attached hydrogen (secondary N) is 1. The molecule has 0 aliphatic rings. The normalized spacial score (nSPS) is 12.3. The summed E-state index contributed by atoms with van der Waals surface area (Å²) in [5.41, 5.74) is 4.17. The first-order chi connectivity index (χ1) is 9.28. The molecule has 2 aromatic rings. The molecule has 2 nitrogen and oxygen atoms in total. The van der Waals surface area contributed by atoms with Gasteiger partial charge in [-0.3, -0.25) is 11.3 Å². The Hall–Kier alpha value is -1.00. The summed E-state index contributed by atoms with van der Waals surface area (Å²) in [6.45, 7) is 0. The monoisotopic (exact) mass is 292 g/mol. The third-order valence-electron chi connectivity index (χ3n) is 2.81. The van der Waals surface area contributed by atoms with Gasteiger partial charge in [0.2, 0.25) is 0 Å². The van der Waals surface area contributed by atoms with E-state index >= 15 is 0 Å². The average molecular weight is 293 g/mol. The molecule has 1 unspecified atom stereocenters. The number of rotatable bonds is 6. The van der Waals surface area contributed by atoms with Crippen LogP contribution in [0.2, 0.25) is 5.02 Å². The fourth-order valence-electron chi connectivity index (χ4n) is 1.82. The van der Waals surface area contributed by atoms with E-state index in [1.165, 1.54) is 10.5 Å². The lowest BCUT2D eigenvalue weighted by Crippen LogP contribution is -2.38. The lowest BCUT2D eigenvalue weighted by molar-refractivity contribution is 0.575. The molecule has 0 heterocycles. The van der Waals surface area contributed by atoms with Gasteiger partial charge in [0.05, 0.1) is 0 Å². The van der Waals surface area contributed by atoms with Crippen molar-refractivity contribution in [1.29, 1.82) is 0 Å². The van der Waals surface area contributed by atoms with Gasteiger partial charge in [-0.25, -0.2) is 0 Å². The van der Waals surface area contributed by atoms with Crippen molar-refractivity contribution < 1.29 is 0 Å². The number of hydrogen-bond acceptors (Lipinski definition) is 3. The molecule has 0 aliphatic heterocycles. The van der Waals surface area contributed by atoms with Gasteiger partial charge < -0.3 is 0 Å². The molecule has 3 N–H and O–H groups in total. The standard InChI is InChI=1S/C15H17ClN2S/c16-13-7-4-8-15(10-13)19-11-14(18-17)9-12-5-2-1-3-6-12/h1-8,10,14,18H,9,11,17H2. The zero-order chi connectivity index (χ0) is 13.5. The Morgan fingerprint density at radius 2 is 1.89 bits per heavy atom. The molecule has 0 fully saturated rings. The minimum Gasteiger partial charge on any atom is -0.271 e. The average Bonchev–Trinajstić information content (AvgIpc) is 2.44. The predicted octanol–water partition coefficient (Wildman–Crippen LogP) is 3.51. The molecule has 0 saturated carbocycles. The Bertz CT molecular complexity index is 505. The minimum absolute atomic E-state index is 0.242. The Morgan fingerprint density at radius 3 is 2.58 bits per heavy atom.